The molecule has 1 aromatic rings. The number of amides is 1. The second kappa shape index (κ2) is 3.94. The number of hydrogen-bond donors (Lipinski definition) is 1. The van der Waals surface area contributed by atoms with Crippen LogP contribution in [0.15, 0.2) is 36.9 Å². The molecule has 2 aliphatic carbocycles. The Bertz CT molecular complexity index is 792. The fourth-order valence-electron chi connectivity index (χ4n) is 7.38. The number of piperidine rings is 1. The zero-order valence-electron chi connectivity index (χ0n) is 13.9. The predicted molar refractivity (Wildman–Crippen MR) is 90.6 cm³/mol. The topological polar surface area (TPSA) is 41.6 Å². The third-order valence-corrected chi connectivity index (χ3v) is 7.93. The van der Waals surface area contributed by atoms with Crippen LogP contribution >= 0.6 is 0 Å². The van der Waals surface area contributed by atoms with Gasteiger partial charge in [0.2, 0.25) is 5.91 Å². The minimum atomic E-state index is -0.554. The van der Waals surface area contributed by atoms with E-state index in [9.17, 15) is 4.79 Å². The Morgan fingerprint density at radius 1 is 1.42 bits per heavy atom. The van der Waals surface area contributed by atoms with Crippen molar-refractivity contribution >= 4 is 11.6 Å². The molecule has 2 saturated carbocycles. The summed E-state index contributed by atoms with van der Waals surface area (Å²) >= 11 is 0. The van der Waals surface area contributed by atoms with E-state index in [1.807, 2.05) is 12.1 Å². The van der Waals surface area contributed by atoms with E-state index < -0.39 is 5.41 Å². The SMILES string of the molecule is C=C[C@@]12CN(C)[C@H]3[C@@H]4CO[C@H](C[C@@H]41)[C@]1(C(=O)Nc4ccccc41)[C@H]32. The lowest BCUT2D eigenvalue weighted by Gasteiger charge is -2.54. The quantitative estimate of drug-likeness (QED) is 0.805. The number of anilines is 1. The number of nitrogens with one attached hydrogen (secondary N) is 1. The minimum Gasteiger partial charge on any atom is -0.376 e. The molecule has 0 aromatic heterocycles. The molecule has 0 unspecified atom stereocenters. The molecular weight excluding hydrogens is 300 g/mol. The van der Waals surface area contributed by atoms with Crippen molar-refractivity contribution in [2.75, 3.05) is 25.5 Å². The number of rotatable bonds is 1. The van der Waals surface area contributed by atoms with Crippen molar-refractivity contribution in [1.82, 2.24) is 4.90 Å². The van der Waals surface area contributed by atoms with Gasteiger partial charge in [0.1, 0.15) is 5.41 Å². The normalized spacial score (nSPS) is 50.4. The van der Waals surface area contributed by atoms with Crippen molar-refractivity contribution < 1.29 is 9.53 Å². The minimum absolute atomic E-state index is 0.00280. The number of nitrogens with zero attached hydrogens (tertiary/aromatic N) is 1. The van der Waals surface area contributed by atoms with Crippen LogP contribution in [0.1, 0.15) is 12.0 Å². The number of carbonyl (C=O) groups is 1. The lowest BCUT2D eigenvalue weighted by Crippen LogP contribution is -2.62. The molecule has 3 heterocycles. The van der Waals surface area contributed by atoms with Crippen molar-refractivity contribution in [3.05, 3.63) is 42.5 Å². The van der Waals surface area contributed by atoms with Crippen LogP contribution in [0.25, 0.3) is 0 Å². The van der Waals surface area contributed by atoms with Gasteiger partial charge in [0.15, 0.2) is 0 Å². The molecule has 1 aromatic carbocycles. The molecule has 4 heteroatoms. The van der Waals surface area contributed by atoms with Crippen molar-refractivity contribution in [2.45, 2.75) is 24.0 Å². The molecule has 6 rings (SSSR count). The highest BCUT2D eigenvalue weighted by molar-refractivity contribution is 6.07. The van der Waals surface area contributed by atoms with Gasteiger partial charge in [0.25, 0.3) is 0 Å². The largest absolute Gasteiger partial charge is 0.376 e. The van der Waals surface area contributed by atoms with Gasteiger partial charge in [0.05, 0.1) is 12.7 Å². The van der Waals surface area contributed by atoms with Crippen LogP contribution in [0, 0.1) is 23.2 Å². The summed E-state index contributed by atoms with van der Waals surface area (Å²) in [5, 5.41) is 3.18. The smallest absolute Gasteiger partial charge is 0.238 e. The van der Waals surface area contributed by atoms with Crippen LogP contribution in [-0.4, -0.2) is 43.2 Å². The molecule has 3 aliphatic heterocycles. The van der Waals surface area contributed by atoms with E-state index in [0.717, 1.165) is 30.8 Å². The van der Waals surface area contributed by atoms with Gasteiger partial charge in [-0.1, -0.05) is 24.3 Å². The van der Waals surface area contributed by atoms with Crippen LogP contribution in [0.2, 0.25) is 0 Å². The molecule has 5 aliphatic rings. The number of ether oxygens (including phenoxy) is 1. The molecule has 7 atom stereocenters. The second-order valence-corrected chi connectivity index (χ2v) is 8.40. The number of para-hydroxylation sites is 1. The van der Waals surface area contributed by atoms with Crippen molar-refractivity contribution in [3.63, 3.8) is 0 Å². The van der Waals surface area contributed by atoms with E-state index in [4.69, 9.17) is 4.74 Å². The molecule has 124 valence electrons. The van der Waals surface area contributed by atoms with Crippen molar-refractivity contribution in [1.29, 1.82) is 0 Å². The summed E-state index contributed by atoms with van der Waals surface area (Å²) in [6.07, 6.45) is 3.17. The van der Waals surface area contributed by atoms with E-state index in [0.29, 0.717) is 17.9 Å². The van der Waals surface area contributed by atoms with Gasteiger partial charge in [-0.3, -0.25) is 4.79 Å². The predicted octanol–water partition coefficient (Wildman–Crippen LogP) is 2.03. The van der Waals surface area contributed by atoms with E-state index >= 15 is 0 Å². The molecule has 1 N–H and O–H groups in total. The first-order chi connectivity index (χ1) is 11.6. The first-order valence-electron chi connectivity index (χ1n) is 9.01. The third kappa shape index (κ3) is 1.12. The number of carbonyl (C=O) groups excluding carboxylic acids is 1. The molecular formula is C20H22N2O2. The molecule has 1 amide bonds. The lowest BCUT2D eigenvalue weighted by atomic mass is 9.51. The van der Waals surface area contributed by atoms with Crippen molar-refractivity contribution in [3.8, 4) is 0 Å². The summed E-state index contributed by atoms with van der Waals surface area (Å²) < 4.78 is 6.34. The van der Waals surface area contributed by atoms with E-state index in [2.05, 4.69) is 42.1 Å². The van der Waals surface area contributed by atoms with Gasteiger partial charge in [-0.25, -0.2) is 0 Å². The average Bonchev–Trinajstić information content (AvgIpc) is 3.08. The summed E-state index contributed by atoms with van der Waals surface area (Å²) in [5.41, 5.74) is 1.61. The van der Waals surface area contributed by atoms with Gasteiger partial charge < -0.3 is 15.0 Å². The Morgan fingerprint density at radius 2 is 2.25 bits per heavy atom. The number of benzene rings is 1. The zero-order valence-corrected chi connectivity index (χ0v) is 13.9. The Hall–Kier alpha value is -1.65. The van der Waals surface area contributed by atoms with Gasteiger partial charge in [-0.05, 0) is 31.0 Å². The Kier molecular flexibility index (Phi) is 2.24. The van der Waals surface area contributed by atoms with Gasteiger partial charge in [-0.15, -0.1) is 6.58 Å². The van der Waals surface area contributed by atoms with Crippen LogP contribution in [0.4, 0.5) is 5.69 Å². The Balaban J connectivity index is 1.69. The van der Waals surface area contributed by atoms with Gasteiger partial charge in [-0.2, -0.15) is 0 Å². The summed E-state index contributed by atoms with van der Waals surface area (Å²) in [4.78, 5) is 15.9. The maximum absolute atomic E-state index is 13.4. The average molecular weight is 322 g/mol. The summed E-state index contributed by atoms with van der Waals surface area (Å²) in [7, 11) is 2.21. The van der Waals surface area contributed by atoms with E-state index in [1.165, 1.54) is 0 Å². The highest BCUT2D eigenvalue weighted by Gasteiger charge is 2.79. The third-order valence-electron chi connectivity index (χ3n) is 7.93. The zero-order chi connectivity index (χ0) is 16.3. The number of fused-ring (bicyclic) bond motifs is 5. The number of hydrogen-bond acceptors (Lipinski definition) is 3. The summed E-state index contributed by atoms with van der Waals surface area (Å²) in [6.45, 7) is 6.06. The Morgan fingerprint density at radius 3 is 3.08 bits per heavy atom. The molecule has 5 bridgehead atoms. The Labute approximate surface area is 141 Å². The molecule has 24 heavy (non-hydrogen) atoms. The number of likely N-dealkylation sites (tertiary alicyclic amines) is 1. The van der Waals surface area contributed by atoms with E-state index in [1.54, 1.807) is 0 Å². The monoisotopic (exact) mass is 322 g/mol. The van der Waals surface area contributed by atoms with Crippen LogP contribution in [0.5, 0.6) is 0 Å². The van der Waals surface area contributed by atoms with Crippen LogP contribution in [-0.2, 0) is 14.9 Å². The maximum atomic E-state index is 13.4. The van der Waals surface area contributed by atoms with Crippen molar-refractivity contribution in [2.24, 2.45) is 23.2 Å². The van der Waals surface area contributed by atoms with Crippen LogP contribution in [0.3, 0.4) is 0 Å². The fourth-order valence-corrected chi connectivity index (χ4v) is 7.38. The van der Waals surface area contributed by atoms with Gasteiger partial charge >= 0.3 is 0 Å². The first kappa shape index (κ1) is 13.6. The standard InChI is InChI=1S/C20H22N2O2/c1-3-19-10-22(2)16-11-9-24-15(8-13(11)19)20(17(16)19)12-6-4-5-7-14(12)21-18(20)23/h3-7,11,13,15-17H,1,8-10H2,2H3,(H,21,23)/t11-,13+,15-,16+,17-,19-,20+/m1/s1. The summed E-state index contributed by atoms with van der Waals surface area (Å²) in [6, 6.07) is 8.64. The molecule has 4 nitrogen and oxygen atoms in total. The second-order valence-electron chi connectivity index (χ2n) is 8.40. The summed E-state index contributed by atoms with van der Waals surface area (Å²) in [5.74, 6) is 1.56. The highest BCUT2D eigenvalue weighted by Crippen LogP contribution is 2.73. The fraction of sp³-hybridized carbons (Fsp3) is 0.550. The first-order valence-corrected chi connectivity index (χ1v) is 9.01. The van der Waals surface area contributed by atoms with Crippen LogP contribution < -0.4 is 5.32 Å². The van der Waals surface area contributed by atoms with E-state index in [-0.39, 0.29) is 23.3 Å². The van der Waals surface area contributed by atoms with Gasteiger partial charge in [0, 0.05) is 35.5 Å². The maximum Gasteiger partial charge on any atom is 0.238 e. The molecule has 4 fully saturated rings. The highest BCUT2D eigenvalue weighted by atomic mass is 16.5. The lowest BCUT2D eigenvalue weighted by molar-refractivity contribution is -0.153. The molecule has 0 radical (unpaired) electrons. The molecule has 2 saturated heterocycles. The molecule has 1 spiro atoms.